The van der Waals surface area contributed by atoms with Crippen LogP contribution in [0.4, 0.5) is 0 Å². The first-order chi connectivity index (χ1) is 9.93. The third-order valence-electron chi connectivity index (χ3n) is 3.42. The second-order valence-corrected chi connectivity index (χ2v) is 7.65. The lowest BCUT2D eigenvalue weighted by Gasteiger charge is -2.37. The van der Waals surface area contributed by atoms with Gasteiger partial charge in [0.15, 0.2) is 0 Å². The van der Waals surface area contributed by atoms with Crippen molar-refractivity contribution < 1.29 is 9.90 Å². The Morgan fingerprint density at radius 1 is 1.48 bits per heavy atom. The topological polar surface area (TPSA) is 40.5 Å². The number of hydrogen-bond acceptors (Lipinski definition) is 3. The largest absolute Gasteiger partial charge is 0.384 e. The minimum absolute atomic E-state index is 0.0330. The van der Waals surface area contributed by atoms with Crippen molar-refractivity contribution in [3.8, 4) is 11.8 Å². The summed E-state index contributed by atoms with van der Waals surface area (Å²) in [5.74, 6) is 6.52. The molecule has 1 fully saturated rings. The predicted molar refractivity (Wildman–Crippen MR) is 87.6 cm³/mol. The number of amides is 1. The Morgan fingerprint density at radius 3 is 2.90 bits per heavy atom. The molecular weight excluding hydrogens is 282 g/mol. The number of thioether (sulfide) groups is 1. The fourth-order valence-corrected chi connectivity index (χ4v) is 3.55. The lowest BCUT2D eigenvalue weighted by Crippen LogP contribution is -2.46. The average Bonchev–Trinajstić information content (AvgIpc) is 2.43. The van der Waals surface area contributed by atoms with Gasteiger partial charge in [0, 0.05) is 29.2 Å². The molecule has 0 aromatic heterocycles. The van der Waals surface area contributed by atoms with E-state index in [1.54, 1.807) is 0 Å². The van der Waals surface area contributed by atoms with Crippen molar-refractivity contribution in [2.45, 2.75) is 25.5 Å². The van der Waals surface area contributed by atoms with E-state index in [4.69, 9.17) is 5.11 Å². The van der Waals surface area contributed by atoms with Gasteiger partial charge < -0.3 is 10.0 Å². The minimum atomic E-state index is -0.199. The number of rotatable bonds is 1. The highest BCUT2D eigenvalue weighted by Gasteiger charge is 2.30. The van der Waals surface area contributed by atoms with E-state index in [0.717, 1.165) is 24.4 Å². The Hall–Kier alpha value is -1.44. The maximum absolute atomic E-state index is 12.8. The van der Waals surface area contributed by atoms with Crippen LogP contribution < -0.4 is 0 Å². The highest BCUT2D eigenvalue weighted by atomic mass is 32.2. The Balaban J connectivity index is 2.30. The van der Waals surface area contributed by atoms with Crippen LogP contribution in [0.15, 0.2) is 18.2 Å². The van der Waals surface area contributed by atoms with Crippen LogP contribution in [-0.4, -0.2) is 46.1 Å². The quantitative estimate of drug-likeness (QED) is 0.809. The molecular formula is C17H21NO2S. The third-order valence-corrected chi connectivity index (χ3v) is 4.72. The summed E-state index contributed by atoms with van der Waals surface area (Å²) in [4.78, 5) is 14.7. The maximum atomic E-state index is 12.8. The Bertz CT molecular complexity index is 599. The van der Waals surface area contributed by atoms with Gasteiger partial charge in [-0.05, 0) is 38.5 Å². The van der Waals surface area contributed by atoms with Crippen LogP contribution in [0.5, 0.6) is 0 Å². The SMILES string of the molecule is Cc1ccc(C(=O)N2CCSC(C)(C)C2)c(C#CCO)c1. The van der Waals surface area contributed by atoms with E-state index in [2.05, 4.69) is 25.7 Å². The molecule has 2 rings (SSSR count). The number of aryl methyl sites for hydroxylation is 1. The van der Waals surface area contributed by atoms with E-state index in [1.165, 1.54) is 0 Å². The molecule has 1 N–H and O–H groups in total. The molecule has 0 radical (unpaired) electrons. The summed E-state index contributed by atoms with van der Waals surface area (Å²) in [5.41, 5.74) is 2.39. The van der Waals surface area contributed by atoms with Gasteiger partial charge in [0.2, 0.25) is 0 Å². The molecule has 0 aliphatic carbocycles. The van der Waals surface area contributed by atoms with E-state index in [-0.39, 0.29) is 17.3 Å². The van der Waals surface area contributed by atoms with Crippen molar-refractivity contribution >= 4 is 17.7 Å². The summed E-state index contributed by atoms with van der Waals surface area (Å²) in [6, 6.07) is 5.68. The highest BCUT2D eigenvalue weighted by Crippen LogP contribution is 2.30. The summed E-state index contributed by atoms with van der Waals surface area (Å²) in [5, 5.41) is 8.87. The van der Waals surface area contributed by atoms with Gasteiger partial charge in [-0.1, -0.05) is 17.9 Å². The molecule has 1 heterocycles. The van der Waals surface area contributed by atoms with Crippen molar-refractivity contribution in [3.63, 3.8) is 0 Å². The van der Waals surface area contributed by atoms with Gasteiger partial charge in [0.05, 0.1) is 5.56 Å². The summed E-state index contributed by atoms with van der Waals surface area (Å²) in [6.07, 6.45) is 0. The molecule has 0 atom stereocenters. The second-order valence-electron chi connectivity index (χ2n) is 5.84. The van der Waals surface area contributed by atoms with Crippen LogP contribution in [0, 0.1) is 18.8 Å². The number of benzene rings is 1. The molecule has 3 nitrogen and oxygen atoms in total. The zero-order valence-electron chi connectivity index (χ0n) is 12.8. The Kier molecular flexibility index (Phi) is 4.97. The zero-order chi connectivity index (χ0) is 15.5. The van der Waals surface area contributed by atoms with Crippen LogP contribution in [0.1, 0.15) is 35.3 Å². The van der Waals surface area contributed by atoms with Gasteiger partial charge in [-0.3, -0.25) is 4.79 Å². The number of carbonyl (C=O) groups excluding carboxylic acids is 1. The van der Waals surface area contributed by atoms with E-state index >= 15 is 0 Å². The van der Waals surface area contributed by atoms with Crippen LogP contribution in [0.3, 0.4) is 0 Å². The van der Waals surface area contributed by atoms with Gasteiger partial charge in [-0.25, -0.2) is 0 Å². The van der Waals surface area contributed by atoms with Crippen LogP contribution in [-0.2, 0) is 0 Å². The molecule has 1 amide bonds. The number of aliphatic hydroxyl groups is 1. The first kappa shape index (κ1) is 15.9. The first-order valence-electron chi connectivity index (χ1n) is 7.06. The highest BCUT2D eigenvalue weighted by molar-refractivity contribution is 8.00. The predicted octanol–water partition coefficient (Wildman–Crippen LogP) is 2.31. The van der Waals surface area contributed by atoms with E-state index in [1.807, 2.05) is 41.8 Å². The number of nitrogens with zero attached hydrogens (tertiary/aromatic N) is 1. The minimum Gasteiger partial charge on any atom is -0.384 e. The Labute approximate surface area is 130 Å². The zero-order valence-corrected chi connectivity index (χ0v) is 13.6. The molecule has 1 aliphatic heterocycles. The van der Waals surface area contributed by atoms with E-state index in [9.17, 15) is 4.79 Å². The Morgan fingerprint density at radius 2 is 2.24 bits per heavy atom. The maximum Gasteiger partial charge on any atom is 0.255 e. The van der Waals surface area contributed by atoms with Crippen LogP contribution in [0.2, 0.25) is 0 Å². The van der Waals surface area contributed by atoms with Gasteiger partial charge in [-0.2, -0.15) is 11.8 Å². The van der Waals surface area contributed by atoms with Gasteiger partial charge >= 0.3 is 0 Å². The van der Waals surface area contributed by atoms with Crippen molar-refractivity contribution in [1.29, 1.82) is 0 Å². The summed E-state index contributed by atoms with van der Waals surface area (Å²) >= 11 is 1.90. The molecule has 1 aromatic carbocycles. The molecule has 0 spiro atoms. The average molecular weight is 303 g/mol. The lowest BCUT2D eigenvalue weighted by atomic mass is 10.0. The lowest BCUT2D eigenvalue weighted by molar-refractivity contribution is 0.0748. The molecule has 4 heteroatoms. The summed E-state index contributed by atoms with van der Waals surface area (Å²) < 4.78 is 0.0928. The number of aliphatic hydroxyl groups excluding tert-OH is 1. The smallest absolute Gasteiger partial charge is 0.255 e. The van der Waals surface area contributed by atoms with E-state index in [0.29, 0.717) is 11.1 Å². The summed E-state index contributed by atoms with van der Waals surface area (Å²) in [6.45, 7) is 7.62. The molecule has 0 unspecified atom stereocenters. The number of hydrogen-bond donors (Lipinski definition) is 1. The molecule has 1 aliphatic rings. The number of carbonyl (C=O) groups is 1. The van der Waals surface area contributed by atoms with Crippen LogP contribution >= 0.6 is 11.8 Å². The third kappa shape index (κ3) is 4.03. The van der Waals surface area contributed by atoms with Gasteiger partial charge in [0.1, 0.15) is 6.61 Å². The molecule has 1 saturated heterocycles. The van der Waals surface area contributed by atoms with Crippen molar-refractivity contribution in [2.75, 3.05) is 25.4 Å². The van der Waals surface area contributed by atoms with Gasteiger partial charge in [0.25, 0.3) is 5.91 Å². The van der Waals surface area contributed by atoms with Crippen molar-refractivity contribution in [3.05, 3.63) is 34.9 Å². The molecule has 112 valence electrons. The normalized spacial score (nSPS) is 17.0. The standard InChI is InChI=1S/C17H21NO2S/c1-13-6-7-15(14(11-13)5-4-9-19)16(20)18-8-10-21-17(2,3)12-18/h6-7,11,19H,8-10,12H2,1-3H3. The van der Waals surface area contributed by atoms with E-state index < -0.39 is 0 Å². The monoisotopic (exact) mass is 303 g/mol. The fourth-order valence-electron chi connectivity index (χ4n) is 2.44. The first-order valence-corrected chi connectivity index (χ1v) is 8.05. The molecule has 21 heavy (non-hydrogen) atoms. The molecule has 0 bridgehead atoms. The van der Waals surface area contributed by atoms with Crippen molar-refractivity contribution in [2.24, 2.45) is 0 Å². The molecule has 0 saturated carbocycles. The van der Waals surface area contributed by atoms with Gasteiger partial charge in [-0.15, -0.1) is 0 Å². The van der Waals surface area contributed by atoms with Crippen LogP contribution in [0.25, 0.3) is 0 Å². The summed E-state index contributed by atoms with van der Waals surface area (Å²) in [7, 11) is 0. The fraction of sp³-hybridized carbons (Fsp3) is 0.471. The molecule has 1 aromatic rings. The second kappa shape index (κ2) is 6.55. The van der Waals surface area contributed by atoms with Crippen molar-refractivity contribution in [1.82, 2.24) is 4.90 Å².